The average Bonchev–Trinajstić information content (AvgIpc) is 4.03. The maximum Gasteiger partial charge on any atom is 0.0864 e. The SMILES string of the molecule is c1ccc(C2(c3ccccc3)c3ccc4c(c3-c3cc[nH]c32)c2ccccc2n4-c2ccc(-c3ccc(-n4c5ccccc5c5cnccc54)cc3)cc2)cc1. The fraction of sp³-hybridized carbons (Fsp3) is 0.0192. The first-order valence-electron chi connectivity index (χ1n) is 19.2. The summed E-state index contributed by atoms with van der Waals surface area (Å²) < 4.78 is 4.77. The molecule has 0 amide bonds. The second-order valence-electron chi connectivity index (χ2n) is 14.8. The van der Waals surface area contributed by atoms with Crippen LogP contribution in [0.3, 0.4) is 0 Å². The molecule has 4 heterocycles. The molecule has 4 aromatic heterocycles. The van der Waals surface area contributed by atoms with Gasteiger partial charge in [0.25, 0.3) is 0 Å². The van der Waals surface area contributed by atoms with E-state index in [1.54, 1.807) is 0 Å². The van der Waals surface area contributed by atoms with E-state index in [9.17, 15) is 0 Å². The molecule has 7 aromatic carbocycles. The standard InChI is InChI=1S/C52H34N4/c1-3-11-36(12-4-1)52(37-13-5-2-6-14-37)44-27-28-48-50(49(44)42-29-32-54-51(42)52)41-16-8-10-18-46(41)56(48)39-25-21-35(22-26-39)34-19-23-38(24-20-34)55-45-17-9-7-15-40(45)43-33-53-31-30-47(43)55/h1-33,54H. The van der Waals surface area contributed by atoms with Gasteiger partial charge in [-0.05, 0) is 88.0 Å². The van der Waals surface area contributed by atoms with Gasteiger partial charge in [0.1, 0.15) is 0 Å². The Hall–Kier alpha value is -7.43. The normalized spacial score (nSPS) is 13.1. The number of fused-ring (bicyclic) bond motifs is 10. The van der Waals surface area contributed by atoms with Crippen LogP contribution in [-0.2, 0) is 5.41 Å². The fourth-order valence-corrected chi connectivity index (χ4v) is 9.80. The Labute approximate surface area is 323 Å². The predicted molar refractivity (Wildman–Crippen MR) is 230 cm³/mol. The van der Waals surface area contributed by atoms with Crippen molar-refractivity contribution >= 4 is 43.6 Å². The molecule has 11 aromatic rings. The van der Waals surface area contributed by atoms with Crippen molar-refractivity contribution in [2.75, 3.05) is 0 Å². The lowest BCUT2D eigenvalue weighted by Crippen LogP contribution is -2.29. The highest BCUT2D eigenvalue weighted by molar-refractivity contribution is 6.18. The van der Waals surface area contributed by atoms with Gasteiger partial charge >= 0.3 is 0 Å². The number of rotatable bonds is 5. The number of hydrogen-bond acceptors (Lipinski definition) is 1. The minimum atomic E-state index is -0.468. The van der Waals surface area contributed by atoms with Crippen molar-refractivity contribution in [1.29, 1.82) is 0 Å². The Balaban J connectivity index is 0.997. The van der Waals surface area contributed by atoms with Crippen molar-refractivity contribution in [1.82, 2.24) is 19.1 Å². The molecule has 0 unspecified atom stereocenters. The Morgan fingerprint density at radius 1 is 0.446 bits per heavy atom. The summed E-state index contributed by atoms with van der Waals surface area (Å²) in [4.78, 5) is 8.16. The van der Waals surface area contributed by atoms with E-state index in [0.29, 0.717) is 0 Å². The predicted octanol–water partition coefficient (Wildman–Crippen LogP) is 12.6. The Morgan fingerprint density at radius 2 is 1.00 bits per heavy atom. The average molecular weight is 715 g/mol. The van der Waals surface area contributed by atoms with Crippen LogP contribution < -0.4 is 0 Å². The van der Waals surface area contributed by atoms with E-state index in [1.807, 2.05) is 12.4 Å². The van der Waals surface area contributed by atoms with E-state index in [4.69, 9.17) is 0 Å². The number of H-pyrrole nitrogens is 1. The Bertz CT molecular complexity index is 3180. The molecule has 1 aliphatic rings. The number of aromatic amines is 1. The van der Waals surface area contributed by atoms with Gasteiger partial charge in [-0.15, -0.1) is 0 Å². The largest absolute Gasteiger partial charge is 0.363 e. The van der Waals surface area contributed by atoms with Gasteiger partial charge in [0.2, 0.25) is 0 Å². The third kappa shape index (κ3) is 4.15. The molecular weight excluding hydrogens is 681 g/mol. The molecule has 4 heteroatoms. The first-order valence-corrected chi connectivity index (χ1v) is 19.2. The number of benzene rings is 7. The number of aromatic nitrogens is 4. The van der Waals surface area contributed by atoms with E-state index in [0.717, 1.165) is 22.3 Å². The van der Waals surface area contributed by atoms with Crippen LogP contribution in [0.2, 0.25) is 0 Å². The van der Waals surface area contributed by atoms with Gasteiger partial charge in [-0.2, -0.15) is 0 Å². The molecular formula is C52H34N4. The maximum atomic E-state index is 4.42. The molecule has 1 aliphatic carbocycles. The van der Waals surface area contributed by atoms with Gasteiger partial charge in [0, 0.05) is 62.8 Å². The molecule has 0 saturated heterocycles. The van der Waals surface area contributed by atoms with Crippen LogP contribution >= 0.6 is 0 Å². The Kier molecular flexibility index (Phi) is 6.52. The van der Waals surface area contributed by atoms with E-state index in [1.165, 1.54) is 77.3 Å². The van der Waals surface area contributed by atoms with Crippen molar-refractivity contribution in [2.45, 2.75) is 5.41 Å². The van der Waals surface area contributed by atoms with E-state index < -0.39 is 5.41 Å². The maximum absolute atomic E-state index is 4.42. The lowest BCUT2D eigenvalue weighted by atomic mass is 9.69. The number of hydrogen-bond donors (Lipinski definition) is 1. The molecule has 0 atom stereocenters. The number of nitrogens with zero attached hydrogens (tertiary/aromatic N) is 3. The van der Waals surface area contributed by atoms with Gasteiger partial charge in [0.15, 0.2) is 0 Å². The summed E-state index contributed by atoms with van der Waals surface area (Å²) in [5.41, 5.74) is 16.5. The summed E-state index contributed by atoms with van der Waals surface area (Å²) >= 11 is 0. The van der Waals surface area contributed by atoms with Gasteiger partial charge in [-0.25, -0.2) is 0 Å². The van der Waals surface area contributed by atoms with E-state index in [2.05, 4.69) is 207 Å². The lowest BCUT2D eigenvalue weighted by Gasteiger charge is -2.32. The lowest BCUT2D eigenvalue weighted by molar-refractivity contribution is 0.743. The van der Waals surface area contributed by atoms with Crippen molar-refractivity contribution in [3.63, 3.8) is 0 Å². The van der Waals surface area contributed by atoms with Crippen molar-refractivity contribution in [3.8, 4) is 33.6 Å². The van der Waals surface area contributed by atoms with Gasteiger partial charge in [-0.1, -0.05) is 127 Å². The quantitative estimate of drug-likeness (QED) is 0.189. The minimum absolute atomic E-state index is 0.468. The zero-order chi connectivity index (χ0) is 36.8. The second-order valence-corrected chi connectivity index (χ2v) is 14.8. The van der Waals surface area contributed by atoms with Crippen LogP contribution in [0.4, 0.5) is 0 Å². The molecule has 0 saturated carbocycles. The second kappa shape index (κ2) is 11.8. The number of para-hydroxylation sites is 2. The topological polar surface area (TPSA) is 38.5 Å². The number of nitrogens with one attached hydrogen (secondary N) is 1. The third-order valence-corrected chi connectivity index (χ3v) is 12.1. The first-order chi connectivity index (χ1) is 27.8. The summed E-state index contributed by atoms with van der Waals surface area (Å²) in [7, 11) is 0. The monoisotopic (exact) mass is 714 g/mol. The van der Waals surface area contributed by atoms with Crippen molar-refractivity contribution in [3.05, 3.63) is 223 Å². The van der Waals surface area contributed by atoms with Crippen LogP contribution in [-0.4, -0.2) is 19.1 Å². The minimum Gasteiger partial charge on any atom is -0.363 e. The van der Waals surface area contributed by atoms with Crippen molar-refractivity contribution < 1.29 is 0 Å². The molecule has 0 aliphatic heterocycles. The summed E-state index contributed by atoms with van der Waals surface area (Å²) in [5, 5.41) is 4.92. The summed E-state index contributed by atoms with van der Waals surface area (Å²) in [6, 6.07) is 66.4. The molecule has 56 heavy (non-hydrogen) atoms. The highest BCUT2D eigenvalue weighted by Gasteiger charge is 2.48. The molecule has 0 radical (unpaired) electrons. The highest BCUT2D eigenvalue weighted by atomic mass is 15.0. The highest BCUT2D eigenvalue weighted by Crippen LogP contribution is 2.58. The number of pyridine rings is 1. The zero-order valence-corrected chi connectivity index (χ0v) is 30.4. The van der Waals surface area contributed by atoms with E-state index >= 15 is 0 Å². The summed E-state index contributed by atoms with van der Waals surface area (Å²) in [5.74, 6) is 0. The van der Waals surface area contributed by atoms with Crippen LogP contribution in [0.5, 0.6) is 0 Å². The molecule has 12 rings (SSSR count). The van der Waals surface area contributed by atoms with E-state index in [-0.39, 0.29) is 0 Å². The van der Waals surface area contributed by atoms with Gasteiger partial charge < -0.3 is 14.1 Å². The van der Waals surface area contributed by atoms with Crippen LogP contribution in [0, 0.1) is 0 Å². The van der Waals surface area contributed by atoms with Gasteiger partial charge in [0.05, 0.1) is 27.5 Å². The molecule has 0 spiro atoms. The molecule has 4 nitrogen and oxygen atoms in total. The smallest absolute Gasteiger partial charge is 0.0864 e. The van der Waals surface area contributed by atoms with Crippen LogP contribution in [0.1, 0.15) is 22.4 Å². The van der Waals surface area contributed by atoms with Crippen molar-refractivity contribution in [2.24, 2.45) is 0 Å². The fourth-order valence-electron chi connectivity index (χ4n) is 9.80. The Morgan fingerprint density at radius 3 is 1.66 bits per heavy atom. The first kappa shape index (κ1) is 31.0. The van der Waals surface area contributed by atoms with Crippen LogP contribution in [0.25, 0.3) is 77.2 Å². The molecule has 0 bridgehead atoms. The van der Waals surface area contributed by atoms with Crippen LogP contribution in [0.15, 0.2) is 201 Å². The molecule has 262 valence electrons. The third-order valence-electron chi connectivity index (χ3n) is 12.1. The van der Waals surface area contributed by atoms with Gasteiger partial charge in [-0.3, -0.25) is 4.98 Å². The molecule has 0 fully saturated rings. The summed E-state index contributed by atoms with van der Waals surface area (Å²) in [6.45, 7) is 0. The molecule has 1 N–H and O–H groups in total. The zero-order valence-electron chi connectivity index (χ0n) is 30.4. The summed E-state index contributed by atoms with van der Waals surface area (Å²) in [6.07, 6.45) is 5.95.